The van der Waals surface area contributed by atoms with E-state index in [2.05, 4.69) is 6.92 Å². The number of nitrogens with two attached hydrogens (primary N) is 1. The second kappa shape index (κ2) is 10.3. The van der Waals surface area contributed by atoms with Crippen LogP contribution in [0.2, 0.25) is 0 Å². The largest absolute Gasteiger partial charge is 0.497 e. The highest BCUT2D eigenvalue weighted by atomic mass is 16.5. The van der Waals surface area contributed by atoms with Crippen LogP contribution in [0.15, 0.2) is 18.2 Å². The highest BCUT2D eigenvalue weighted by Gasteiger charge is 2.09. The fourth-order valence-electron chi connectivity index (χ4n) is 2.59. The van der Waals surface area contributed by atoms with Gasteiger partial charge in [-0.15, -0.1) is 0 Å². The zero-order valence-corrected chi connectivity index (χ0v) is 13.5. The molecule has 0 saturated carbocycles. The van der Waals surface area contributed by atoms with Gasteiger partial charge in [0.1, 0.15) is 5.75 Å². The van der Waals surface area contributed by atoms with Crippen molar-refractivity contribution < 1.29 is 9.53 Å². The normalized spacial score (nSPS) is 10.6. The molecule has 0 radical (unpaired) electrons. The van der Waals surface area contributed by atoms with Crippen LogP contribution in [-0.2, 0) is 6.42 Å². The van der Waals surface area contributed by atoms with E-state index in [1.165, 1.54) is 44.9 Å². The van der Waals surface area contributed by atoms with E-state index >= 15 is 0 Å². The van der Waals surface area contributed by atoms with Gasteiger partial charge in [0.15, 0.2) is 0 Å². The summed E-state index contributed by atoms with van der Waals surface area (Å²) in [4.78, 5) is 11.4. The minimum atomic E-state index is -0.354. The molecular formula is C18H29NO2. The van der Waals surface area contributed by atoms with Crippen LogP contribution >= 0.6 is 0 Å². The van der Waals surface area contributed by atoms with Gasteiger partial charge in [0.2, 0.25) is 5.91 Å². The van der Waals surface area contributed by atoms with E-state index in [0.717, 1.165) is 24.2 Å². The van der Waals surface area contributed by atoms with Gasteiger partial charge in [0, 0.05) is 5.56 Å². The van der Waals surface area contributed by atoms with E-state index in [-0.39, 0.29) is 5.91 Å². The lowest BCUT2D eigenvalue weighted by Gasteiger charge is -2.09. The number of unbranched alkanes of at least 4 members (excludes halogenated alkanes) is 7. The molecule has 0 spiro atoms. The Labute approximate surface area is 128 Å². The van der Waals surface area contributed by atoms with E-state index in [4.69, 9.17) is 10.5 Å². The van der Waals surface area contributed by atoms with Crippen LogP contribution in [-0.4, -0.2) is 13.0 Å². The molecule has 3 heteroatoms. The maximum Gasteiger partial charge on any atom is 0.248 e. The van der Waals surface area contributed by atoms with Crippen molar-refractivity contribution in [2.45, 2.75) is 64.7 Å². The number of rotatable bonds is 11. The average molecular weight is 291 g/mol. The van der Waals surface area contributed by atoms with Gasteiger partial charge in [-0.25, -0.2) is 0 Å². The number of primary amides is 1. The predicted molar refractivity (Wildman–Crippen MR) is 87.8 cm³/mol. The molecule has 21 heavy (non-hydrogen) atoms. The minimum absolute atomic E-state index is 0.354. The number of amides is 1. The maximum absolute atomic E-state index is 11.4. The van der Waals surface area contributed by atoms with Crippen LogP contribution in [0.3, 0.4) is 0 Å². The van der Waals surface area contributed by atoms with Crippen molar-refractivity contribution in [2.24, 2.45) is 5.73 Å². The van der Waals surface area contributed by atoms with Gasteiger partial charge in [0.25, 0.3) is 0 Å². The standard InChI is InChI=1S/C18H29NO2/c1-3-4-5-6-7-8-9-10-11-15-14-16(21-2)12-13-17(15)18(19)20/h12-14H,3-11H2,1-2H3,(H2,19,20). The summed E-state index contributed by atoms with van der Waals surface area (Å²) in [5.41, 5.74) is 7.06. The first-order valence-electron chi connectivity index (χ1n) is 8.15. The number of benzene rings is 1. The Kier molecular flexibility index (Phi) is 8.56. The summed E-state index contributed by atoms with van der Waals surface area (Å²) in [6.45, 7) is 2.24. The second-order valence-corrected chi connectivity index (χ2v) is 5.61. The number of aryl methyl sites for hydroxylation is 1. The smallest absolute Gasteiger partial charge is 0.248 e. The molecule has 2 N–H and O–H groups in total. The molecule has 1 rings (SSSR count). The molecule has 1 aromatic carbocycles. The molecule has 0 heterocycles. The quantitative estimate of drug-likeness (QED) is 0.611. The Morgan fingerprint density at radius 1 is 1.05 bits per heavy atom. The molecule has 0 aliphatic rings. The first-order chi connectivity index (χ1) is 10.2. The zero-order valence-electron chi connectivity index (χ0n) is 13.5. The van der Waals surface area contributed by atoms with Gasteiger partial charge < -0.3 is 10.5 Å². The summed E-state index contributed by atoms with van der Waals surface area (Å²) in [5, 5.41) is 0. The molecule has 0 bridgehead atoms. The molecule has 1 aromatic rings. The molecule has 0 aliphatic carbocycles. The Balaban J connectivity index is 2.35. The fraction of sp³-hybridized carbons (Fsp3) is 0.611. The fourth-order valence-corrected chi connectivity index (χ4v) is 2.59. The number of methoxy groups -OCH3 is 1. The first kappa shape index (κ1) is 17.5. The third kappa shape index (κ3) is 6.65. The summed E-state index contributed by atoms with van der Waals surface area (Å²) in [7, 11) is 1.64. The number of hydrogen-bond donors (Lipinski definition) is 1. The van der Waals surface area contributed by atoms with Crippen LogP contribution in [0.5, 0.6) is 5.75 Å². The number of ether oxygens (including phenoxy) is 1. The van der Waals surface area contributed by atoms with E-state index in [0.29, 0.717) is 5.56 Å². The zero-order chi connectivity index (χ0) is 15.5. The molecule has 1 amide bonds. The summed E-state index contributed by atoms with van der Waals surface area (Å²) in [6, 6.07) is 5.49. The minimum Gasteiger partial charge on any atom is -0.497 e. The highest BCUT2D eigenvalue weighted by molar-refractivity contribution is 5.94. The summed E-state index contributed by atoms with van der Waals surface area (Å²) in [6.07, 6.45) is 11.2. The van der Waals surface area contributed by atoms with Crippen LogP contribution in [0.25, 0.3) is 0 Å². The Morgan fingerprint density at radius 2 is 1.67 bits per heavy atom. The summed E-state index contributed by atoms with van der Waals surface area (Å²) < 4.78 is 5.22. The Hall–Kier alpha value is -1.51. The van der Waals surface area contributed by atoms with Gasteiger partial charge in [-0.3, -0.25) is 4.79 Å². The number of carbonyl (C=O) groups is 1. The van der Waals surface area contributed by atoms with Crippen LogP contribution in [0.1, 0.15) is 74.2 Å². The van der Waals surface area contributed by atoms with Gasteiger partial charge >= 0.3 is 0 Å². The van der Waals surface area contributed by atoms with E-state index in [9.17, 15) is 4.79 Å². The van der Waals surface area contributed by atoms with Crippen LogP contribution in [0.4, 0.5) is 0 Å². The van der Waals surface area contributed by atoms with Crippen molar-refractivity contribution in [3.63, 3.8) is 0 Å². The molecule has 3 nitrogen and oxygen atoms in total. The van der Waals surface area contributed by atoms with Crippen molar-refractivity contribution in [2.75, 3.05) is 7.11 Å². The van der Waals surface area contributed by atoms with Crippen molar-refractivity contribution in [1.29, 1.82) is 0 Å². The van der Waals surface area contributed by atoms with Crippen molar-refractivity contribution in [1.82, 2.24) is 0 Å². The topological polar surface area (TPSA) is 52.3 Å². The molecule has 118 valence electrons. The average Bonchev–Trinajstić information content (AvgIpc) is 2.49. The van der Waals surface area contributed by atoms with E-state index in [1.54, 1.807) is 19.2 Å². The number of carbonyl (C=O) groups excluding carboxylic acids is 1. The van der Waals surface area contributed by atoms with Crippen molar-refractivity contribution >= 4 is 5.91 Å². The maximum atomic E-state index is 11.4. The molecular weight excluding hydrogens is 262 g/mol. The molecule has 0 aliphatic heterocycles. The molecule has 0 atom stereocenters. The molecule has 0 fully saturated rings. The van der Waals surface area contributed by atoms with Crippen LogP contribution in [0, 0.1) is 0 Å². The van der Waals surface area contributed by atoms with Gasteiger partial charge in [-0.2, -0.15) is 0 Å². The summed E-state index contributed by atoms with van der Waals surface area (Å²) in [5.74, 6) is 0.432. The predicted octanol–water partition coefficient (Wildman–Crippen LogP) is 4.48. The van der Waals surface area contributed by atoms with Gasteiger partial charge in [0.05, 0.1) is 7.11 Å². The van der Waals surface area contributed by atoms with Crippen molar-refractivity contribution in [3.8, 4) is 5.75 Å². The van der Waals surface area contributed by atoms with Crippen LogP contribution < -0.4 is 10.5 Å². The van der Waals surface area contributed by atoms with Gasteiger partial charge in [-0.05, 0) is 36.6 Å². The lowest BCUT2D eigenvalue weighted by Crippen LogP contribution is -2.13. The lowest BCUT2D eigenvalue weighted by molar-refractivity contribution is 0.0999. The first-order valence-corrected chi connectivity index (χ1v) is 8.15. The Morgan fingerprint density at radius 3 is 2.24 bits per heavy atom. The second-order valence-electron chi connectivity index (χ2n) is 5.61. The van der Waals surface area contributed by atoms with E-state index in [1.807, 2.05) is 6.07 Å². The number of hydrogen-bond acceptors (Lipinski definition) is 2. The SMILES string of the molecule is CCCCCCCCCCc1cc(OC)ccc1C(N)=O. The summed E-state index contributed by atoms with van der Waals surface area (Å²) >= 11 is 0. The van der Waals surface area contributed by atoms with Crippen molar-refractivity contribution in [3.05, 3.63) is 29.3 Å². The molecule has 0 unspecified atom stereocenters. The lowest BCUT2D eigenvalue weighted by atomic mass is 9.99. The monoisotopic (exact) mass is 291 g/mol. The third-order valence-corrected chi connectivity index (χ3v) is 3.88. The Bertz CT molecular complexity index is 429. The van der Waals surface area contributed by atoms with E-state index < -0.39 is 0 Å². The highest BCUT2D eigenvalue weighted by Crippen LogP contribution is 2.20. The molecule has 0 saturated heterocycles. The third-order valence-electron chi connectivity index (χ3n) is 3.88. The molecule has 0 aromatic heterocycles. The van der Waals surface area contributed by atoms with Gasteiger partial charge in [-0.1, -0.05) is 51.9 Å².